The number of fused-ring (bicyclic) bond motifs is 5. The number of aromatic nitrogens is 8. The molecular formula is C22H27FN10O9P2S2. The van der Waals surface area contributed by atoms with E-state index in [1.807, 2.05) is 0 Å². The van der Waals surface area contributed by atoms with Gasteiger partial charge in [0.2, 0.25) is 0 Å². The minimum atomic E-state index is -4.33. The van der Waals surface area contributed by atoms with Crippen molar-refractivity contribution in [2.24, 2.45) is 5.92 Å². The average molecular weight is 721 g/mol. The number of anilines is 1. The van der Waals surface area contributed by atoms with Crippen molar-refractivity contribution >= 4 is 66.2 Å². The van der Waals surface area contributed by atoms with Gasteiger partial charge in [0.25, 0.3) is 5.56 Å². The van der Waals surface area contributed by atoms with Gasteiger partial charge in [-0.15, -0.1) is 0 Å². The molecule has 0 radical (unpaired) electrons. The molecule has 19 nitrogen and oxygen atoms in total. The van der Waals surface area contributed by atoms with Crippen LogP contribution in [0.5, 0.6) is 0 Å². The van der Waals surface area contributed by atoms with Crippen LogP contribution in [0.3, 0.4) is 0 Å². The molecule has 248 valence electrons. The highest BCUT2D eigenvalue weighted by Gasteiger charge is 2.53. The molecule has 0 aromatic carbocycles. The van der Waals surface area contributed by atoms with E-state index in [9.17, 15) is 19.0 Å². The summed E-state index contributed by atoms with van der Waals surface area (Å²) in [5.74, 6) is -0.585. The number of aryl methyl sites for hydroxylation is 1. The van der Waals surface area contributed by atoms with Gasteiger partial charge in [-0.3, -0.25) is 27.5 Å². The third-order valence-electron chi connectivity index (χ3n) is 7.90. The number of aliphatic hydroxyl groups is 1. The highest BCUT2D eigenvalue weighted by atomic mass is 32.7. The molecule has 24 heteroatoms. The molecule has 0 spiro atoms. The molecular weight excluding hydrogens is 693 g/mol. The Labute approximate surface area is 268 Å². The molecule has 8 unspecified atom stereocenters. The number of nitrogens with one attached hydrogen (secondary N) is 2. The summed E-state index contributed by atoms with van der Waals surface area (Å²) in [5, 5.41) is 12.9. The molecule has 46 heavy (non-hydrogen) atoms. The lowest BCUT2D eigenvalue weighted by atomic mass is 9.99. The van der Waals surface area contributed by atoms with Crippen molar-refractivity contribution in [3.8, 4) is 0 Å². The fourth-order valence-electron chi connectivity index (χ4n) is 5.79. The predicted molar refractivity (Wildman–Crippen MR) is 163 cm³/mol. The van der Waals surface area contributed by atoms with E-state index < -0.39 is 87.8 Å². The van der Waals surface area contributed by atoms with Gasteiger partial charge in [0.05, 0.1) is 44.6 Å². The van der Waals surface area contributed by atoms with Gasteiger partial charge >= 0.3 is 13.5 Å². The Morgan fingerprint density at radius 2 is 1.74 bits per heavy atom. The van der Waals surface area contributed by atoms with E-state index in [1.54, 1.807) is 6.92 Å². The first kappa shape index (κ1) is 32.1. The molecule has 3 aliphatic heterocycles. The fraction of sp³-hybridized carbons (Fsp3) is 0.545. The minimum Gasteiger partial charge on any atom is -0.396 e. The number of imidazole rings is 2. The SMILES string of the molecule is Cc1nc2c(ncn2C2OC3CO[P@](=O)(S)NC4C(CO[P@@](=O)(S)OC2C3CO)OC(n2cnc3c(N)ncnc32)C4F)c(=O)[nH]1. The van der Waals surface area contributed by atoms with Gasteiger partial charge in [0.1, 0.15) is 29.9 Å². The smallest absolute Gasteiger partial charge is 0.386 e. The number of rotatable bonds is 3. The molecule has 3 saturated heterocycles. The van der Waals surface area contributed by atoms with Gasteiger partial charge in [-0.05, 0) is 6.92 Å². The molecule has 0 aliphatic carbocycles. The highest BCUT2D eigenvalue weighted by molar-refractivity contribution is 8.45. The van der Waals surface area contributed by atoms with E-state index in [0.29, 0.717) is 0 Å². The molecule has 5 N–H and O–H groups in total. The topological polar surface area (TPSA) is 246 Å². The summed E-state index contributed by atoms with van der Waals surface area (Å²) >= 11 is 8.32. The number of H-pyrrole nitrogens is 1. The Morgan fingerprint density at radius 3 is 2.50 bits per heavy atom. The second-order valence-electron chi connectivity index (χ2n) is 10.8. The quantitative estimate of drug-likeness (QED) is 0.128. The van der Waals surface area contributed by atoms with Gasteiger partial charge < -0.3 is 29.8 Å². The van der Waals surface area contributed by atoms with Gasteiger partial charge in [-0.1, -0.05) is 24.5 Å². The largest absolute Gasteiger partial charge is 0.396 e. The van der Waals surface area contributed by atoms with Crippen LogP contribution < -0.4 is 16.4 Å². The van der Waals surface area contributed by atoms with Crippen LogP contribution >= 0.6 is 38.0 Å². The lowest BCUT2D eigenvalue weighted by molar-refractivity contribution is -0.0485. The Hall–Kier alpha value is -2.49. The molecule has 0 saturated carbocycles. The number of thiol groups is 2. The maximum Gasteiger partial charge on any atom is 0.386 e. The summed E-state index contributed by atoms with van der Waals surface area (Å²) < 4.78 is 75.3. The van der Waals surface area contributed by atoms with Crippen LogP contribution in [0.4, 0.5) is 10.2 Å². The Balaban J connectivity index is 1.22. The molecule has 0 amide bonds. The van der Waals surface area contributed by atoms with E-state index in [2.05, 4.69) is 59.5 Å². The first-order valence-electron chi connectivity index (χ1n) is 13.7. The molecule has 7 heterocycles. The van der Waals surface area contributed by atoms with Crippen LogP contribution in [0.2, 0.25) is 0 Å². The van der Waals surface area contributed by atoms with Crippen molar-refractivity contribution in [1.82, 2.24) is 44.1 Å². The molecule has 10 atom stereocenters. The van der Waals surface area contributed by atoms with Crippen molar-refractivity contribution in [1.29, 1.82) is 0 Å². The summed E-state index contributed by atoms with van der Waals surface area (Å²) in [6.45, 7) is -8.45. The van der Waals surface area contributed by atoms with E-state index in [1.165, 1.54) is 28.1 Å². The third-order valence-corrected chi connectivity index (χ3v) is 11.3. The Bertz CT molecular complexity index is 1970. The zero-order valence-electron chi connectivity index (χ0n) is 23.6. The summed E-state index contributed by atoms with van der Waals surface area (Å²) in [5.41, 5.74) is 5.88. The van der Waals surface area contributed by atoms with Crippen LogP contribution in [-0.2, 0) is 32.2 Å². The van der Waals surface area contributed by atoms with Crippen LogP contribution in [-0.4, -0.2) is 94.5 Å². The van der Waals surface area contributed by atoms with Crippen LogP contribution in [0, 0.1) is 12.8 Å². The number of nitrogens with zero attached hydrogens (tertiary/aromatic N) is 7. The summed E-state index contributed by atoms with van der Waals surface area (Å²) in [6.07, 6.45) is -4.24. The number of nitrogens with two attached hydrogens (primary N) is 1. The first-order valence-corrected chi connectivity index (χ1v) is 19.2. The monoisotopic (exact) mass is 720 g/mol. The van der Waals surface area contributed by atoms with Crippen molar-refractivity contribution < 1.29 is 41.7 Å². The van der Waals surface area contributed by atoms with Crippen molar-refractivity contribution in [2.45, 2.75) is 49.9 Å². The van der Waals surface area contributed by atoms with Gasteiger partial charge in [-0.2, -0.15) is 0 Å². The molecule has 7 rings (SSSR count). The van der Waals surface area contributed by atoms with E-state index in [-0.39, 0.29) is 34.0 Å². The Kier molecular flexibility index (Phi) is 8.29. The zero-order valence-corrected chi connectivity index (χ0v) is 27.1. The lowest BCUT2D eigenvalue weighted by Crippen LogP contribution is -2.42. The lowest BCUT2D eigenvalue weighted by Gasteiger charge is -2.27. The normalized spacial score (nSPS) is 37.2. The average Bonchev–Trinajstić information content (AvgIpc) is 3.75. The number of hydrogen-bond acceptors (Lipinski definition) is 15. The summed E-state index contributed by atoms with van der Waals surface area (Å²) in [6, 6.07) is -1.37. The number of hydrogen-bond donors (Lipinski definition) is 6. The van der Waals surface area contributed by atoms with Crippen LogP contribution in [0.25, 0.3) is 22.3 Å². The minimum absolute atomic E-state index is 0.00320. The number of halogens is 1. The first-order chi connectivity index (χ1) is 21.9. The molecule has 3 fully saturated rings. The van der Waals surface area contributed by atoms with Crippen LogP contribution in [0.1, 0.15) is 18.3 Å². The highest BCUT2D eigenvalue weighted by Crippen LogP contribution is 2.59. The molecule has 4 aromatic heterocycles. The maximum atomic E-state index is 16.1. The maximum absolute atomic E-state index is 16.1. The number of aliphatic hydroxyl groups excluding tert-OH is 1. The third kappa shape index (κ3) is 5.68. The number of aromatic amines is 1. The van der Waals surface area contributed by atoms with Crippen molar-refractivity contribution in [3.05, 3.63) is 35.2 Å². The second-order valence-corrected chi connectivity index (χ2v) is 16.8. The summed E-state index contributed by atoms with van der Waals surface area (Å²) in [4.78, 5) is 35.6. The standard InChI is InChI=1S/C22H27FN10O9P2S2/c1-8-29-19-15(20(35)30-8)28-7-33(19)22-16-9(2-34)10(40-22)3-38-43(36,45)31-13-11(4-39-44(37,46)42-16)41-21(12(13)23)32-6-27-14-17(24)25-5-26-18(14)32/h5-7,9-13,16,21-22,34H,2-4H2,1H3,(H,37,46)(H2,24,25,26)(H,29,30,35)(H2,31,36,45)/t9?,10?,11?,12?,13?,16?,21?,22?,43-,44+/m0/s1. The molecule has 3 aliphatic rings. The predicted octanol–water partition coefficient (Wildman–Crippen LogP) is 1.06. The molecule has 2 bridgehead atoms. The summed E-state index contributed by atoms with van der Waals surface area (Å²) in [7, 11) is 0. The van der Waals surface area contributed by atoms with E-state index >= 15 is 4.39 Å². The van der Waals surface area contributed by atoms with Gasteiger partial charge in [-0.25, -0.2) is 39.0 Å². The number of alkyl halides is 1. The van der Waals surface area contributed by atoms with Crippen LogP contribution in [0.15, 0.2) is 23.8 Å². The van der Waals surface area contributed by atoms with E-state index in [4.69, 9.17) is 28.8 Å². The van der Waals surface area contributed by atoms with Crippen molar-refractivity contribution in [2.75, 3.05) is 25.6 Å². The Morgan fingerprint density at radius 1 is 1.04 bits per heavy atom. The number of ether oxygens (including phenoxy) is 2. The van der Waals surface area contributed by atoms with Crippen molar-refractivity contribution in [3.63, 3.8) is 0 Å². The zero-order chi connectivity index (χ0) is 32.5. The van der Waals surface area contributed by atoms with Gasteiger partial charge in [0, 0.05) is 5.92 Å². The molecule has 4 aromatic rings. The fourth-order valence-corrected chi connectivity index (χ4v) is 8.99. The second kappa shape index (κ2) is 11.9. The van der Waals surface area contributed by atoms with E-state index in [0.717, 1.165) is 0 Å². The van der Waals surface area contributed by atoms with Gasteiger partial charge in [0.15, 0.2) is 41.3 Å². The number of nitrogen functional groups attached to an aromatic ring is 1.